The van der Waals surface area contributed by atoms with Crippen molar-refractivity contribution in [2.24, 2.45) is 16.7 Å². The molecule has 2 heterocycles. The number of nitriles is 3. The molecule has 1 aromatic carbocycles. The summed E-state index contributed by atoms with van der Waals surface area (Å²) in [6.45, 7) is 3.61. The van der Waals surface area contributed by atoms with Crippen LogP contribution in [0.15, 0.2) is 18.2 Å². The average Bonchev–Trinajstić information content (AvgIpc) is 2.86. The summed E-state index contributed by atoms with van der Waals surface area (Å²) in [6, 6.07) is 8.39. The number of rotatable bonds is 4. The maximum absolute atomic E-state index is 14.6. The zero-order chi connectivity index (χ0) is 20.7. The number of halogens is 2. The first kappa shape index (κ1) is 19.7. The third kappa shape index (κ3) is 2.14. The van der Waals surface area contributed by atoms with E-state index in [0.29, 0.717) is 18.9 Å². The molecule has 2 aliphatic rings. The van der Waals surface area contributed by atoms with E-state index in [4.69, 9.17) is 14.9 Å². The fourth-order valence-corrected chi connectivity index (χ4v) is 4.66. The molecule has 6 nitrogen and oxygen atoms in total. The van der Waals surface area contributed by atoms with E-state index in [1.54, 1.807) is 6.92 Å². The molecule has 3 rings (SSSR count). The molecule has 2 bridgehead atoms. The maximum Gasteiger partial charge on any atom is 0.217 e. The smallest absolute Gasteiger partial charge is 0.217 e. The highest BCUT2D eigenvalue weighted by Gasteiger charge is 2.79. The van der Waals surface area contributed by atoms with E-state index in [9.17, 15) is 24.6 Å². The number of hydrogen-bond acceptors (Lipinski definition) is 6. The molecule has 0 aliphatic carbocycles. The lowest BCUT2D eigenvalue weighted by Crippen LogP contribution is -2.59. The zero-order valence-electron chi connectivity index (χ0n) is 15.4. The minimum Gasteiger partial charge on any atom is -0.447 e. The molecule has 2 aliphatic heterocycles. The predicted octanol–water partition coefficient (Wildman–Crippen LogP) is 4.11. The van der Waals surface area contributed by atoms with Gasteiger partial charge in [0.15, 0.2) is 5.41 Å². The van der Waals surface area contributed by atoms with Gasteiger partial charge in [0.1, 0.15) is 17.7 Å². The van der Waals surface area contributed by atoms with Gasteiger partial charge in [0, 0.05) is 18.1 Å². The van der Waals surface area contributed by atoms with Crippen molar-refractivity contribution in [3.05, 3.63) is 35.4 Å². The Morgan fingerprint density at radius 1 is 1.14 bits per heavy atom. The van der Waals surface area contributed by atoms with Crippen LogP contribution in [0.5, 0.6) is 0 Å². The quantitative estimate of drug-likeness (QED) is 0.839. The Morgan fingerprint density at radius 2 is 1.82 bits per heavy atom. The van der Waals surface area contributed by atoms with Gasteiger partial charge in [0.05, 0.1) is 24.1 Å². The van der Waals surface area contributed by atoms with Crippen LogP contribution >= 0.6 is 0 Å². The van der Waals surface area contributed by atoms with Gasteiger partial charge in [0.2, 0.25) is 17.1 Å². The number of fused-ring (bicyclic) bond motifs is 2. The fourth-order valence-electron chi connectivity index (χ4n) is 4.66. The molecule has 0 aromatic heterocycles. The first-order valence-electron chi connectivity index (χ1n) is 8.97. The normalized spacial score (nSPS) is 32.7. The highest BCUT2D eigenvalue weighted by molar-refractivity contribution is 5.89. The number of hydrogen-bond donors (Lipinski definition) is 1. The Balaban J connectivity index is 2.37. The van der Waals surface area contributed by atoms with E-state index >= 15 is 0 Å². The van der Waals surface area contributed by atoms with Crippen LogP contribution in [0.2, 0.25) is 0 Å². The van der Waals surface area contributed by atoms with Crippen molar-refractivity contribution in [2.75, 3.05) is 0 Å². The van der Waals surface area contributed by atoms with Crippen LogP contribution in [0.1, 0.15) is 44.8 Å². The summed E-state index contributed by atoms with van der Waals surface area (Å²) >= 11 is 0. The van der Waals surface area contributed by atoms with Crippen LogP contribution in [0.4, 0.5) is 8.78 Å². The largest absolute Gasteiger partial charge is 0.447 e. The standard InChI is InChI=1S/C20H18F2N4O2/c1-3-7-20-15(4-2)19(11-25,17(26)28-20)18(9-23,10-24)16(27-20)13-6-5-12(21)8-14(13)22/h5-6,8,15-16,26H,3-4,7H2,1-2H3. The molecule has 4 unspecified atom stereocenters. The van der Waals surface area contributed by atoms with Crippen LogP contribution in [-0.2, 0) is 9.47 Å². The highest BCUT2D eigenvalue weighted by Crippen LogP contribution is 2.68. The summed E-state index contributed by atoms with van der Waals surface area (Å²) in [6.07, 6.45) is -0.376. The van der Waals surface area contributed by atoms with Gasteiger partial charge in [-0.1, -0.05) is 19.9 Å². The number of benzene rings is 1. The van der Waals surface area contributed by atoms with Crippen LogP contribution in [0, 0.1) is 67.8 Å². The lowest BCUT2D eigenvalue weighted by atomic mass is 9.52. The van der Waals surface area contributed by atoms with Crippen LogP contribution in [0.3, 0.4) is 0 Å². The molecule has 0 radical (unpaired) electrons. The van der Waals surface area contributed by atoms with Gasteiger partial charge in [-0.05, 0) is 18.9 Å². The van der Waals surface area contributed by atoms with Crippen LogP contribution in [-0.4, -0.2) is 11.7 Å². The van der Waals surface area contributed by atoms with E-state index in [1.165, 1.54) is 0 Å². The molecule has 28 heavy (non-hydrogen) atoms. The first-order valence-corrected chi connectivity index (χ1v) is 8.97. The summed E-state index contributed by atoms with van der Waals surface area (Å²) in [5.74, 6) is -4.56. The predicted molar refractivity (Wildman–Crippen MR) is 92.1 cm³/mol. The monoisotopic (exact) mass is 384 g/mol. The Bertz CT molecular complexity index is 946. The Hall–Kier alpha value is -3.02. The van der Waals surface area contributed by atoms with Crippen molar-refractivity contribution in [3.63, 3.8) is 0 Å². The second-order valence-corrected chi connectivity index (χ2v) is 7.07. The Kier molecular flexibility index (Phi) is 4.61. The molecule has 2 fully saturated rings. The van der Waals surface area contributed by atoms with Crippen molar-refractivity contribution in [3.8, 4) is 18.2 Å². The van der Waals surface area contributed by atoms with Gasteiger partial charge >= 0.3 is 0 Å². The summed E-state index contributed by atoms with van der Waals surface area (Å²) in [4.78, 5) is 0. The van der Waals surface area contributed by atoms with Gasteiger partial charge in [-0.15, -0.1) is 0 Å². The van der Waals surface area contributed by atoms with Crippen molar-refractivity contribution in [1.82, 2.24) is 0 Å². The summed E-state index contributed by atoms with van der Waals surface area (Å²) in [5.41, 5.74) is -4.41. The average molecular weight is 384 g/mol. The van der Waals surface area contributed by atoms with Crippen LogP contribution in [0.25, 0.3) is 0 Å². The lowest BCUT2D eigenvalue weighted by Gasteiger charge is -2.49. The van der Waals surface area contributed by atoms with Crippen molar-refractivity contribution < 1.29 is 18.3 Å². The van der Waals surface area contributed by atoms with Crippen LogP contribution < -0.4 is 0 Å². The molecular formula is C20H18F2N4O2. The highest BCUT2D eigenvalue weighted by atomic mass is 19.1. The zero-order valence-corrected chi connectivity index (χ0v) is 15.4. The summed E-state index contributed by atoms with van der Waals surface area (Å²) in [7, 11) is 0. The topological polar surface area (TPSA) is 114 Å². The fraction of sp³-hybridized carbons (Fsp3) is 0.500. The first-order chi connectivity index (χ1) is 13.3. The minimum absolute atomic E-state index is 0.225. The van der Waals surface area contributed by atoms with Gasteiger partial charge in [0.25, 0.3) is 0 Å². The molecule has 2 saturated heterocycles. The van der Waals surface area contributed by atoms with Gasteiger partial charge in [-0.2, -0.15) is 15.8 Å². The molecular weight excluding hydrogens is 366 g/mol. The molecule has 0 saturated carbocycles. The molecule has 8 heteroatoms. The van der Waals surface area contributed by atoms with E-state index in [1.807, 2.05) is 25.1 Å². The maximum atomic E-state index is 14.6. The van der Waals surface area contributed by atoms with Crippen molar-refractivity contribution >= 4 is 5.90 Å². The van der Waals surface area contributed by atoms with E-state index in [2.05, 4.69) is 0 Å². The lowest BCUT2D eigenvalue weighted by molar-refractivity contribution is -0.287. The van der Waals surface area contributed by atoms with E-state index < -0.39 is 46.2 Å². The van der Waals surface area contributed by atoms with E-state index in [-0.39, 0.29) is 12.0 Å². The Labute approximate surface area is 161 Å². The molecule has 0 amide bonds. The second kappa shape index (κ2) is 6.55. The minimum atomic E-state index is -2.24. The van der Waals surface area contributed by atoms with Gasteiger partial charge in [-0.3, -0.25) is 5.41 Å². The number of nitrogens with zero attached hydrogens (tertiary/aromatic N) is 3. The number of nitrogens with one attached hydrogen (secondary N) is 1. The Morgan fingerprint density at radius 3 is 2.32 bits per heavy atom. The molecule has 144 valence electrons. The number of ether oxygens (including phenoxy) is 2. The molecule has 0 spiro atoms. The SMILES string of the molecule is CCCC12OC(=N)C(C#N)(C1CC)C(C#N)(C#N)C(c1ccc(F)cc1F)O2. The molecule has 1 aromatic rings. The van der Waals surface area contributed by atoms with Crippen molar-refractivity contribution in [2.45, 2.75) is 45.0 Å². The third-order valence-electron chi connectivity index (χ3n) is 5.80. The molecule has 4 atom stereocenters. The van der Waals surface area contributed by atoms with Gasteiger partial charge in [-0.25, -0.2) is 8.78 Å². The summed E-state index contributed by atoms with van der Waals surface area (Å²) in [5, 5.41) is 38.6. The molecule has 1 N–H and O–H groups in total. The van der Waals surface area contributed by atoms with E-state index in [0.717, 1.165) is 12.1 Å². The third-order valence-corrected chi connectivity index (χ3v) is 5.80. The second-order valence-electron chi connectivity index (χ2n) is 7.07. The van der Waals surface area contributed by atoms with Crippen molar-refractivity contribution in [1.29, 1.82) is 21.2 Å². The summed E-state index contributed by atoms with van der Waals surface area (Å²) < 4.78 is 39.9. The van der Waals surface area contributed by atoms with Gasteiger partial charge < -0.3 is 9.47 Å².